The van der Waals surface area contributed by atoms with E-state index in [0.29, 0.717) is 13.0 Å². The zero-order valence-corrected chi connectivity index (χ0v) is 21.2. The molecule has 1 rings (SSSR count). The highest BCUT2D eigenvalue weighted by atomic mass is 19.4. The molecule has 3 N–H and O–H groups in total. The number of nitrogens with one attached hydrogen (secondary N) is 2. The predicted molar refractivity (Wildman–Crippen MR) is 123 cm³/mol. The normalized spacial score (nSPS) is 13.5. The van der Waals surface area contributed by atoms with E-state index in [2.05, 4.69) is 36.4 Å². The van der Waals surface area contributed by atoms with E-state index in [4.69, 9.17) is 19.4 Å². The standard InChI is InChI=1S/C21H35N3O4.C2HF3O2/c1-20(2,3)12-16(24-19(26)28-21(4,5)6)14-23-17(18(25)27-7)11-15-9-8-10-22-13-15;3-2(4,5)1(6)7/h8-10,13,16-17,23H,11-12,14H2,1-7H3,(H,24,26);(H,6,7)/t16-,17-;/m0./s1. The Morgan fingerprint density at radius 2 is 1.69 bits per heavy atom. The fraction of sp³-hybridized carbons (Fsp3) is 0.652. The van der Waals surface area contributed by atoms with Crippen molar-refractivity contribution in [2.45, 2.75) is 78.2 Å². The molecule has 0 fully saturated rings. The van der Waals surface area contributed by atoms with Crippen LogP contribution in [0.3, 0.4) is 0 Å². The Morgan fingerprint density at radius 3 is 2.09 bits per heavy atom. The molecular formula is C23H36F3N3O6. The summed E-state index contributed by atoms with van der Waals surface area (Å²) >= 11 is 0. The van der Waals surface area contributed by atoms with Gasteiger partial charge in [0.1, 0.15) is 11.6 Å². The second kappa shape index (κ2) is 13.9. The average Bonchev–Trinajstić information content (AvgIpc) is 2.68. The fourth-order valence-corrected chi connectivity index (χ4v) is 2.81. The first-order valence-electron chi connectivity index (χ1n) is 10.8. The molecule has 0 spiro atoms. The van der Waals surface area contributed by atoms with Crippen molar-refractivity contribution in [2.24, 2.45) is 5.41 Å². The minimum Gasteiger partial charge on any atom is -0.475 e. The van der Waals surface area contributed by atoms with Crippen LogP contribution in [0.5, 0.6) is 0 Å². The van der Waals surface area contributed by atoms with Crippen molar-refractivity contribution in [1.82, 2.24) is 15.6 Å². The van der Waals surface area contributed by atoms with Crippen LogP contribution in [0, 0.1) is 5.41 Å². The van der Waals surface area contributed by atoms with Crippen LogP contribution in [0.1, 0.15) is 53.5 Å². The Hall–Kier alpha value is -2.89. The molecule has 0 saturated carbocycles. The van der Waals surface area contributed by atoms with Crippen molar-refractivity contribution in [2.75, 3.05) is 13.7 Å². The highest BCUT2D eigenvalue weighted by Gasteiger charge is 2.38. The number of pyridine rings is 1. The van der Waals surface area contributed by atoms with Crippen molar-refractivity contribution in [1.29, 1.82) is 0 Å². The Labute approximate surface area is 203 Å². The molecular weight excluding hydrogens is 471 g/mol. The Bertz CT molecular complexity index is 805. The van der Waals surface area contributed by atoms with Gasteiger partial charge in [0.05, 0.1) is 7.11 Å². The molecule has 2 atom stereocenters. The number of rotatable bonds is 8. The van der Waals surface area contributed by atoms with Gasteiger partial charge in [0, 0.05) is 25.0 Å². The maximum atomic E-state index is 12.2. The first-order chi connectivity index (χ1) is 15.8. The zero-order valence-electron chi connectivity index (χ0n) is 21.2. The Balaban J connectivity index is 0.00000143. The van der Waals surface area contributed by atoms with Crippen LogP contribution in [0.25, 0.3) is 0 Å². The molecule has 0 aliphatic carbocycles. The molecule has 1 heterocycles. The predicted octanol–water partition coefficient (Wildman–Crippen LogP) is 3.72. The summed E-state index contributed by atoms with van der Waals surface area (Å²) < 4.78 is 42.0. The number of aromatic nitrogens is 1. The number of carboxylic acids is 1. The van der Waals surface area contributed by atoms with Gasteiger partial charge in [-0.15, -0.1) is 0 Å². The van der Waals surface area contributed by atoms with E-state index >= 15 is 0 Å². The van der Waals surface area contributed by atoms with Gasteiger partial charge in [0.2, 0.25) is 0 Å². The fourth-order valence-electron chi connectivity index (χ4n) is 2.81. The lowest BCUT2D eigenvalue weighted by Gasteiger charge is -2.29. The lowest BCUT2D eigenvalue weighted by molar-refractivity contribution is -0.192. The quantitative estimate of drug-likeness (QED) is 0.455. The minimum absolute atomic E-state index is 0.00846. The van der Waals surface area contributed by atoms with E-state index in [9.17, 15) is 22.8 Å². The molecule has 0 aliphatic heterocycles. The lowest BCUT2D eigenvalue weighted by Crippen LogP contribution is -2.50. The van der Waals surface area contributed by atoms with E-state index in [1.807, 2.05) is 32.9 Å². The van der Waals surface area contributed by atoms with E-state index in [-0.39, 0.29) is 17.4 Å². The molecule has 0 bridgehead atoms. The minimum atomic E-state index is -5.08. The number of hydrogen-bond donors (Lipinski definition) is 3. The highest BCUT2D eigenvalue weighted by Crippen LogP contribution is 2.21. The number of carboxylic acid groups (broad SMARTS) is 1. The van der Waals surface area contributed by atoms with Crippen LogP contribution in [0.15, 0.2) is 24.5 Å². The molecule has 0 saturated heterocycles. The van der Waals surface area contributed by atoms with Gasteiger partial charge in [-0.1, -0.05) is 26.8 Å². The summed E-state index contributed by atoms with van der Waals surface area (Å²) in [5.74, 6) is -3.11. The summed E-state index contributed by atoms with van der Waals surface area (Å²) in [6, 6.07) is 3.01. The van der Waals surface area contributed by atoms with Gasteiger partial charge in [-0.3, -0.25) is 9.78 Å². The van der Waals surface area contributed by atoms with E-state index in [1.165, 1.54) is 7.11 Å². The van der Waals surface area contributed by atoms with Crippen molar-refractivity contribution in [3.8, 4) is 0 Å². The first kappa shape index (κ1) is 32.1. The third kappa shape index (κ3) is 16.4. The number of alkyl halides is 3. The van der Waals surface area contributed by atoms with Crippen molar-refractivity contribution in [3.05, 3.63) is 30.1 Å². The van der Waals surface area contributed by atoms with Gasteiger partial charge in [0.15, 0.2) is 0 Å². The summed E-state index contributed by atoms with van der Waals surface area (Å²) in [6.45, 7) is 12.2. The molecule has 35 heavy (non-hydrogen) atoms. The number of carbonyl (C=O) groups is 3. The molecule has 0 radical (unpaired) electrons. The third-order valence-corrected chi connectivity index (χ3v) is 4.08. The summed E-state index contributed by atoms with van der Waals surface area (Å²) in [5, 5.41) is 13.3. The topological polar surface area (TPSA) is 127 Å². The molecule has 1 aromatic rings. The smallest absolute Gasteiger partial charge is 0.475 e. The number of hydrogen-bond acceptors (Lipinski definition) is 7. The number of alkyl carbamates (subject to hydrolysis) is 1. The maximum Gasteiger partial charge on any atom is 0.490 e. The number of nitrogens with zero attached hydrogens (tertiary/aromatic N) is 1. The average molecular weight is 508 g/mol. The van der Waals surface area contributed by atoms with Crippen molar-refractivity contribution in [3.63, 3.8) is 0 Å². The number of methoxy groups -OCH3 is 1. The summed E-state index contributed by atoms with van der Waals surface area (Å²) in [7, 11) is 1.37. The molecule has 1 amide bonds. The van der Waals surface area contributed by atoms with E-state index < -0.39 is 29.9 Å². The molecule has 0 aromatic carbocycles. The number of halogens is 3. The van der Waals surface area contributed by atoms with Crippen molar-refractivity contribution >= 4 is 18.0 Å². The number of esters is 1. The summed E-state index contributed by atoms with van der Waals surface area (Å²) in [5.41, 5.74) is 0.349. The Kier molecular flexibility index (Phi) is 12.7. The van der Waals surface area contributed by atoms with Gasteiger partial charge < -0.3 is 25.2 Å². The van der Waals surface area contributed by atoms with Crippen LogP contribution in [-0.4, -0.2) is 65.6 Å². The van der Waals surface area contributed by atoms with Crippen LogP contribution in [0.2, 0.25) is 0 Å². The lowest BCUT2D eigenvalue weighted by atomic mass is 9.88. The van der Waals surface area contributed by atoms with Crippen LogP contribution in [0.4, 0.5) is 18.0 Å². The van der Waals surface area contributed by atoms with Crippen LogP contribution < -0.4 is 10.6 Å². The second-order valence-electron chi connectivity index (χ2n) is 9.96. The van der Waals surface area contributed by atoms with Gasteiger partial charge in [0.25, 0.3) is 0 Å². The first-order valence-corrected chi connectivity index (χ1v) is 10.8. The number of carbonyl (C=O) groups excluding carboxylic acids is 2. The Morgan fingerprint density at radius 1 is 1.11 bits per heavy atom. The van der Waals surface area contributed by atoms with E-state index in [1.54, 1.807) is 12.4 Å². The second-order valence-corrected chi connectivity index (χ2v) is 9.96. The molecule has 1 aromatic heterocycles. The highest BCUT2D eigenvalue weighted by molar-refractivity contribution is 5.76. The molecule has 200 valence electrons. The number of ether oxygens (including phenoxy) is 2. The van der Waals surface area contributed by atoms with Crippen molar-refractivity contribution < 1.29 is 42.1 Å². The maximum absolute atomic E-state index is 12.2. The monoisotopic (exact) mass is 507 g/mol. The van der Waals surface area contributed by atoms with Gasteiger partial charge in [-0.05, 0) is 50.7 Å². The molecule has 0 unspecified atom stereocenters. The number of aliphatic carboxylic acids is 1. The summed E-state index contributed by atoms with van der Waals surface area (Å²) in [4.78, 5) is 37.4. The SMILES string of the molecule is COC(=O)[C@H](Cc1cccnc1)NC[C@H](CC(C)(C)C)NC(=O)OC(C)(C)C.O=C(O)C(F)(F)F. The van der Waals surface area contributed by atoms with E-state index in [0.717, 1.165) is 12.0 Å². The summed E-state index contributed by atoms with van der Waals surface area (Å²) in [6.07, 6.45) is -0.961. The third-order valence-electron chi connectivity index (χ3n) is 4.08. The van der Waals surface area contributed by atoms with Gasteiger partial charge in [-0.2, -0.15) is 13.2 Å². The molecule has 9 nitrogen and oxygen atoms in total. The van der Waals surface area contributed by atoms with Gasteiger partial charge in [-0.25, -0.2) is 9.59 Å². The largest absolute Gasteiger partial charge is 0.490 e. The van der Waals surface area contributed by atoms with Gasteiger partial charge >= 0.3 is 24.2 Å². The van der Waals surface area contributed by atoms with Crippen LogP contribution in [-0.2, 0) is 25.5 Å². The zero-order chi connectivity index (χ0) is 27.4. The molecule has 0 aliphatic rings. The molecule has 12 heteroatoms. The van der Waals surface area contributed by atoms with Crippen LogP contribution >= 0.6 is 0 Å². The number of amides is 1.